The van der Waals surface area contributed by atoms with Gasteiger partial charge in [0.1, 0.15) is 18.2 Å². The van der Waals surface area contributed by atoms with Crippen LogP contribution in [0.15, 0.2) is 21.9 Å². The number of nitrogens with one attached hydrogen (secondary N) is 2. The van der Waals surface area contributed by atoms with Crippen LogP contribution in [0.4, 0.5) is 4.39 Å². The van der Waals surface area contributed by atoms with E-state index in [0.29, 0.717) is 0 Å². The molecule has 0 amide bonds. The second-order valence-corrected chi connectivity index (χ2v) is 8.85. The first-order chi connectivity index (χ1) is 13.7. The number of hydrogen-bond donors (Lipinski definition) is 4. The summed E-state index contributed by atoms with van der Waals surface area (Å²) in [6, 6.07) is -0.211. The average Bonchev–Trinajstić information content (AvgIpc) is 2.82. The van der Waals surface area contributed by atoms with Crippen molar-refractivity contribution in [3.8, 4) is 0 Å². The third kappa shape index (κ3) is 5.62. The lowest BCUT2D eigenvalue weighted by atomic mass is 9.98. The summed E-state index contributed by atoms with van der Waals surface area (Å²) >= 11 is 0. The molecule has 12 nitrogen and oxygen atoms in total. The third-order valence-electron chi connectivity index (χ3n) is 4.30. The van der Waals surface area contributed by atoms with Gasteiger partial charge in [0.15, 0.2) is 11.9 Å². The van der Waals surface area contributed by atoms with E-state index in [4.69, 9.17) is 14.0 Å². The summed E-state index contributed by atoms with van der Waals surface area (Å²) in [6.45, 7) is 4.74. The molecule has 2 heterocycles. The molecule has 170 valence electrons. The first-order valence-electron chi connectivity index (χ1n) is 9.04. The van der Waals surface area contributed by atoms with Gasteiger partial charge in [-0.05, 0) is 27.7 Å². The number of aromatic amines is 1. The van der Waals surface area contributed by atoms with E-state index in [-0.39, 0.29) is 0 Å². The minimum atomic E-state index is -4.55. The second-order valence-electron chi connectivity index (χ2n) is 7.29. The second kappa shape index (κ2) is 9.08. The van der Waals surface area contributed by atoms with Crippen LogP contribution in [0.2, 0.25) is 0 Å². The van der Waals surface area contributed by atoms with E-state index in [1.165, 1.54) is 6.92 Å². The summed E-state index contributed by atoms with van der Waals surface area (Å²) in [7, 11) is -4.55. The number of hydrogen-bond acceptors (Lipinski definition) is 8. The summed E-state index contributed by atoms with van der Waals surface area (Å²) in [4.78, 5) is 46.7. The number of halogens is 1. The number of alkyl halides is 1. The van der Waals surface area contributed by atoms with E-state index in [9.17, 15) is 28.9 Å². The van der Waals surface area contributed by atoms with E-state index in [2.05, 4.69) is 5.09 Å². The molecule has 14 heteroatoms. The summed E-state index contributed by atoms with van der Waals surface area (Å²) in [5.41, 5.74) is -4.15. The molecule has 0 aliphatic carbocycles. The summed E-state index contributed by atoms with van der Waals surface area (Å²) in [6.07, 6.45) is -4.32. The van der Waals surface area contributed by atoms with Crippen molar-refractivity contribution >= 4 is 13.7 Å². The van der Waals surface area contributed by atoms with E-state index in [0.717, 1.165) is 23.8 Å². The summed E-state index contributed by atoms with van der Waals surface area (Å²) < 4.78 is 43.0. The third-order valence-corrected chi connectivity index (χ3v) is 5.51. The number of ether oxygens (including phenoxy) is 2. The Morgan fingerprint density at radius 1 is 1.47 bits per heavy atom. The fraction of sp³-hybridized carbons (Fsp3) is 0.688. The zero-order valence-corrected chi connectivity index (χ0v) is 17.7. The molecule has 4 N–H and O–H groups in total. The van der Waals surface area contributed by atoms with Gasteiger partial charge >= 0.3 is 19.4 Å². The van der Waals surface area contributed by atoms with Crippen LogP contribution in [0.5, 0.6) is 0 Å². The lowest BCUT2D eigenvalue weighted by Gasteiger charge is -2.24. The smallest absolute Gasteiger partial charge is 0.403 e. The molecular formula is C16H25FN3O9P. The van der Waals surface area contributed by atoms with Crippen LogP contribution >= 0.6 is 7.75 Å². The van der Waals surface area contributed by atoms with E-state index < -0.39 is 67.8 Å². The monoisotopic (exact) mass is 453 g/mol. The molecule has 1 unspecified atom stereocenters. The highest BCUT2D eigenvalue weighted by atomic mass is 31.2. The van der Waals surface area contributed by atoms with Crippen molar-refractivity contribution in [3.63, 3.8) is 0 Å². The zero-order valence-electron chi connectivity index (χ0n) is 16.8. The van der Waals surface area contributed by atoms with E-state index in [1.54, 1.807) is 13.8 Å². The van der Waals surface area contributed by atoms with Crippen molar-refractivity contribution < 1.29 is 37.7 Å². The number of carbonyl (C=O) groups excluding carboxylic acids is 1. The standard InChI is InChI=1S/C16H25FN3O9P/c1-8(2)28-13(23)9(3)19-30(25,26)27-7-10-12(22)16(4,17)14(29-10)20-6-5-11(21)18-15(20)24/h5-6,8-10,12,14,22H,7H2,1-4H3,(H,18,21,24)(H2,19,25,26)/t9-,10-,12-,14-,16-/m1/s1. The molecule has 1 aliphatic heterocycles. The Morgan fingerprint density at radius 3 is 2.67 bits per heavy atom. The highest BCUT2D eigenvalue weighted by Gasteiger charge is 2.55. The molecule has 2 rings (SSSR count). The lowest BCUT2D eigenvalue weighted by molar-refractivity contribution is -0.149. The molecule has 0 aromatic carbocycles. The molecule has 1 aromatic heterocycles. The maximum Gasteiger partial charge on any atom is 0.403 e. The molecule has 30 heavy (non-hydrogen) atoms. The maximum atomic E-state index is 15.1. The molecule has 1 saturated heterocycles. The number of rotatable bonds is 8. The fourth-order valence-electron chi connectivity index (χ4n) is 2.81. The van der Waals surface area contributed by atoms with Gasteiger partial charge < -0.3 is 19.5 Å². The predicted molar refractivity (Wildman–Crippen MR) is 100 cm³/mol. The zero-order chi connectivity index (χ0) is 22.9. The van der Waals surface area contributed by atoms with Gasteiger partial charge in [-0.1, -0.05) is 0 Å². The van der Waals surface area contributed by atoms with Crippen molar-refractivity contribution in [1.82, 2.24) is 14.6 Å². The predicted octanol–water partition coefficient (Wildman–Crippen LogP) is -0.430. The van der Waals surface area contributed by atoms with Gasteiger partial charge in [0.05, 0.1) is 12.7 Å². The molecule has 1 fully saturated rings. The quantitative estimate of drug-likeness (QED) is 0.299. The van der Waals surface area contributed by atoms with Gasteiger partial charge in [0.2, 0.25) is 0 Å². The van der Waals surface area contributed by atoms with E-state index >= 15 is 4.39 Å². The molecule has 0 bridgehead atoms. The number of aliphatic hydroxyl groups is 1. The normalized spacial score (nSPS) is 29.5. The van der Waals surface area contributed by atoms with Gasteiger partial charge in [-0.15, -0.1) is 0 Å². The van der Waals surface area contributed by atoms with Crippen molar-refractivity contribution in [2.45, 2.75) is 63.9 Å². The highest BCUT2D eigenvalue weighted by molar-refractivity contribution is 7.50. The van der Waals surface area contributed by atoms with Crippen molar-refractivity contribution in [3.05, 3.63) is 33.1 Å². The van der Waals surface area contributed by atoms with Gasteiger partial charge in [-0.2, -0.15) is 0 Å². The first kappa shape index (κ1) is 24.4. The van der Waals surface area contributed by atoms with Crippen molar-refractivity contribution in [1.29, 1.82) is 0 Å². The molecule has 1 aliphatic rings. The van der Waals surface area contributed by atoms with Crippen LogP contribution in [-0.4, -0.2) is 62.1 Å². The van der Waals surface area contributed by atoms with Gasteiger partial charge in [0, 0.05) is 12.3 Å². The largest absolute Gasteiger partial charge is 0.462 e. The molecule has 0 spiro atoms. The average molecular weight is 453 g/mol. The van der Waals surface area contributed by atoms with Crippen molar-refractivity contribution in [2.24, 2.45) is 0 Å². The van der Waals surface area contributed by atoms with Gasteiger partial charge in [-0.3, -0.25) is 23.7 Å². The minimum absolute atomic E-state index is 0.432. The maximum absolute atomic E-state index is 15.1. The Bertz CT molecular complexity index is 931. The topological polar surface area (TPSA) is 169 Å². The number of H-pyrrole nitrogens is 1. The van der Waals surface area contributed by atoms with Crippen molar-refractivity contribution in [2.75, 3.05) is 6.61 Å². The fourth-order valence-corrected chi connectivity index (χ4v) is 3.82. The Balaban J connectivity index is 2.06. The first-order valence-corrected chi connectivity index (χ1v) is 10.6. The van der Waals surface area contributed by atoms with Crippen LogP contribution in [0, 0.1) is 0 Å². The van der Waals surface area contributed by atoms with Crippen LogP contribution in [-0.2, 0) is 23.4 Å². The Hall–Kier alpha value is -1.89. The molecule has 6 atom stereocenters. The van der Waals surface area contributed by atoms with Gasteiger partial charge in [0.25, 0.3) is 5.56 Å². The van der Waals surface area contributed by atoms with Crippen LogP contribution < -0.4 is 16.3 Å². The number of nitrogens with zero attached hydrogens (tertiary/aromatic N) is 1. The number of esters is 1. The molecular weight excluding hydrogens is 428 g/mol. The van der Waals surface area contributed by atoms with Crippen LogP contribution in [0.3, 0.4) is 0 Å². The Labute approximate surface area is 170 Å². The summed E-state index contributed by atoms with van der Waals surface area (Å²) in [5.74, 6) is -0.783. The van der Waals surface area contributed by atoms with Crippen LogP contribution in [0.25, 0.3) is 0 Å². The van der Waals surface area contributed by atoms with Gasteiger partial charge in [-0.25, -0.2) is 18.8 Å². The number of carbonyl (C=O) groups is 1. The Kier molecular flexibility index (Phi) is 7.38. The van der Waals surface area contributed by atoms with E-state index in [1.807, 2.05) is 4.98 Å². The minimum Gasteiger partial charge on any atom is -0.462 e. The molecule has 0 radical (unpaired) electrons. The number of aromatic nitrogens is 2. The van der Waals surface area contributed by atoms with Crippen LogP contribution in [0.1, 0.15) is 33.9 Å². The number of aliphatic hydroxyl groups excluding tert-OH is 1. The lowest BCUT2D eigenvalue weighted by Crippen LogP contribution is -2.43. The molecule has 1 aromatic rings. The Morgan fingerprint density at radius 2 is 2.10 bits per heavy atom. The molecule has 0 saturated carbocycles. The summed E-state index contributed by atoms with van der Waals surface area (Å²) in [5, 5.41) is 12.3. The highest BCUT2D eigenvalue weighted by Crippen LogP contribution is 2.43. The SMILES string of the molecule is CC(C)OC(=O)[C@@H](C)NP(=O)(O)OC[C@H]1O[C@@H](n2ccc(=O)[nH]c2=O)[C@](C)(F)[C@@H]1O.